The lowest BCUT2D eigenvalue weighted by Gasteiger charge is -1.96. The van der Waals surface area contributed by atoms with E-state index in [1.807, 2.05) is 31.2 Å². The van der Waals surface area contributed by atoms with Crippen LogP contribution in [0.2, 0.25) is 5.02 Å². The molecule has 2 rings (SSSR count). The molecule has 15 heavy (non-hydrogen) atoms. The van der Waals surface area contributed by atoms with Crippen LogP contribution in [0.25, 0.3) is 10.6 Å². The third-order valence-corrected chi connectivity index (χ3v) is 3.35. The topological polar surface area (TPSA) is 51.8 Å². The zero-order chi connectivity index (χ0) is 10.8. The van der Waals surface area contributed by atoms with Crippen LogP contribution in [0.4, 0.5) is 0 Å². The third kappa shape index (κ3) is 2.34. The van der Waals surface area contributed by atoms with Gasteiger partial charge in [-0.05, 0) is 19.1 Å². The van der Waals surface area contributed by atoms with Crippen LogP contribution in [0.15, 0.2) is 24.3 Å². The summed E-state index contributed by atoms with van der Waals surface area (Å²) in [6, 6.07) is 7.46. The lowest BCUT2D eigenvalue weighted by Crippen LogP contribution is -2.03. The van der Waals surface area contributed by atoms with E-state index in [-0.39, 0.29) is 6.04 Å². The summed E-state index contributed by atoms with van der Waals surface area (Å²) in [5.41, 5.74) is 6.73. The number of rotatable bonds is 2. The molecule has 0 bridgehead atoms. The largest absolute Gasteiger partial charge is 0.322 e. The molecule has 5 heteroatoms. The van der Waals surface area contributed by atoms with E-state index in [2.05, 4.69) is 10.2 Å². The molecule has 0 fully saturated rings. The Morgan fingerprint density at radius 2 is 1.93 bits per heavy atom. The van der Waals surface area contributed by atoms with Gasteiger partial charge in [0.2, 0.25) is 0 Å². The summed E-state index contributed by atoms with van der Waals surface area (Å²) >= 11 is 7.31. The Morgan fingerprint density at radius 1 is 1.27 bits per heavy atom. The second kappa shape index (κ2) is 4.26. The minimum Gasteiger partial charge on any atom is -0.322 e. The highest BCUT2D eigenvalue weighted by Gasteiger charge is 2.09. The van der Waals surface area contributed by atoms with Crippen molar-refractivity contribution in [1.82, 2.24) is 10.2 Å². The zero-order valence-corrected chi connectivity index (χ0v) is 9.72. The van der Waals surface area contributed by atoms with Crippen molar-refractivity contribution in [3.63, 3.8) is 0 Å². The number of hydrogen-bond acceptors (Lipinski definition) is 4. The monoisotopic (exact) mass is 239 g/mol. The van der Waals surface area contributed by atoms with E-state index in [0.29, 0.717) is 0 Å². The van der Waals surface area contributed by atoms with Gasteiger partial charge in [0.1, 0.15) is 10.0 Å². The van der Waals surface area contributed by atoms with E-state index in [1.54, 1.807) is 0 Å². The Balaban J connectivity index is 2.33. The van der Waals surface area contributed by atoms with E-state index in [9.17, 15) is 0 Å². The van der Waals surface area contributed by atoms with Gasteiger partial charge in [0.05, 0.1) is 6.04 Å². The molecule has 3 nitrogen and oxygen atoms in total. The van der Waals surface area contributed by atoms with Gasteiger partial charge in [-0.3, -0.25) is 0 Å². The Morgan fingerprint density at radius 3 is 2.47 bits per heavy atom. The molecule has 1 atom stereocenters. The van der Waals surface area contributed by atoms with E-state index >= 15 is 0 Å². The fourth-order valence-corrected chi connectivity index (χ4v) is 2.05. The minimum absolute atomic E-state index is 0.0662. The summed E-state index contributed by atoms with van der Waals surface area (Å²) < 4.78 is 0. The van der Waals surface area contributed by atoms with E-state index in [1.165, 1.54) is 11.3 Å². The normalized spacial score (nSPS) is 12.7. The molecular formula is C10H10ClN3S. The molecule has 0 aliphatic rings. The van der Waals surface area contributed by atoms with E-state index < -0.39 is 0 Å². The fraction of sp³-hybridized carbons (Fsp3) is 0.200. The van der Waals surface area contributed by atoms with E-state index in [4.69, 9.17) is 17.3 Å². The smallest absolute Gasteiger partial charge is 0.147 e. The molecule has 0 radical (unpaired) electrons. The summed E-state index contributed by atoms with van der Waals surface area (Å²) in [4.78, 5) is 0. The number of benzene rings is 1. The Kier molecular flexibility index (Phi) is 3.00. The maximum absolute atomic E-state index is 5.80. The van der Waals surface area contributed by atoms with Crippen LogP contribution >= 0.6 is 22.9 Å². The highest BCUT2D eigenvalue weighted by atomic mass is 35.5. The first-order valence-corrected chi connectivity index (χ1v) is 5.71. The minimum atomic E-state index is -0.0662. The molecule has 0 saturated carbocycles. The van der Waals surface area contributed by atoms with Gasteiger partial charge in [0.25, 0.3) is 0 Å². The lowest BCUT2D eigenvalue weighted by molar-refractivity contribution is 0.786. The van der Waals surface area contributed by atoms with Gasteiger partial charge < -0.3 is 5.73 Å². The number of nitrogens with zero attached hydrogens (tertiary/aromatic N) is 2. The van der Waals surface area contributed by atoms with Crippen molar-refractivity contribution in [2.45, 2.75) is 13.0 Å². The van der Waals surface area contributed by atoms with Gasteiger partial charge in [0.15, 0.2) is 0 Å². The molecule has 2 aromatic rings. The standard InChI is InChI=1S/C10H10ClN3S/c1-6(12)9-13-14-10(15-9)7-2-4-8(11)5-3-7/h2-6H,12H2,1H3. The zero-order valence-electron chi connectivity index (χ0n) is 8.14. The fourth-order valence-electron chi connectivity index (χ4n) is 1.13. The Bertz CT molecular complexity index is 450. The molecule has 1 unspecified atom stereocenters. The Hall–Kier alpha value is -0.970. The first-order valence-electron chi connectivity index (χ1n) is 4.52. The van der Waals surface area contributed by atoms with Crippen molar-refractivity contribution < 1.29 is 0 Å². The van der Waals surface area contributed by atoms with Crippen LogP contribution in [-0.4, -0.2) is 10.2 Å². The first kappa shape index (κ1) is 10.5. The van der Waals surface area contributed by atoms with Crippen LogP contribution in [0.5, 0.6) is 0 Å². The van der Waals surface area contributed by atoms with Crippen molar-refractivity contribution in [2.75, 3.05) is 0 Å². The summed E-state index contributed by atoms with van der Waals surface area (Å²) in [5.74, 6) is 0. The molecule has 2 N–H and O–H groups in total. The quantitative estimate of drug-likeness (QED) is 0.877. The molecular weight excluding hydrogens is 230 g/mol. The molecule has 0 saturated heterocycles. The SMILES string of the molecule is CC(N)c1nnc(-c2ccc(Cl)cc2)s1. The molecule has 1 heterocycles. The van der Waals surface area contributed by atoms with Crippen LogP contribution in [0.1, 0.15) is 18.0 Å². The van der Waals surface area contributed by atoms with Gasteiger partial charge in [-0.25, -0.2) is 0 Å². The van der Waals surface area contributed by atoms with Crippen LogP contribution < -0.4 is 5.73 Å². The average molecular weight is 240 g/mol. The van der Waals surface area contributed by atoms with Gasteiger partial charge in [-0.2, -0.15) is 0 Å². The van der Waals surface area contributed by atoms with Gasteiger partial charge in [-0.1, -0.05) is 35.1 Å². The third-order valence-electron chi connectivity index (χ3n) is 1.92. The maximum atomic E-state index is 5.80. The maximum Gasteiger partial charge on any atom is 0.147 e. The molecule has 0 aliphatic heterocycles. The number of aromatic nitrogens is 2. The second-order valence-corrected chi connectivity index (χ2v) is 4.69. The molecule has 1 aromatic carbocycles. The average Bonchev–Trinajstić information content (AvgIpc) is 2.68. The Labute approximate surface area is 96.9 Å². The van der Waals surface area contributed by atoms with Crippen LogP contribution in [-0.2, 0) is 0 Å². The summed E-state index contributed by atoms with van der Waals surface area (Å²) in [7, 11) is 0. The summed E-state index contributed by atoms with van der Waals surface area (Å²) in [6.45, 7) is 1.89. The van der Waals surface area contributed by atoms with Crippen molar-refractivity contribution >= 4 is 22.9 Å². The van der Waals surface area contributed by atoms with Crippen molar-refractivity contribution in [1.29, 1.82) is 0 Å². The highest BCUT2D eigenvalue weighted by molar-refractivity contribution is 7.14. The number of hydrogen-bond donors (Lipinski definition) is 1. The van der Waals surface area contributed by atoms with Crippen LogP contribution in [0, 0.1) is 0 Å². The van der Waals surface area contributed by atoms with Crippen LogP contribution in [0.3, 0.4) is 0 Å². The number of nitrogens with two attached hydrogens (primary N) is 1. The van der Waals surface area contributed by atoms with Crippen molar-refractivity contribution in [3.8, 4) is 10.6 Å². The predicted molar refractivity (Wildman–Crippen MR) is 63.0 cm³/mol. The highest BCUT2D eigenvalue weighted by Crippen LogP contribution is 2.26. The van der Waals surface area contributed by atoms with Crippen molar-refractivity contribution in [2.24, 2.45) is 5.73 Å². The predicted octanol–water partition coefficient (Wildman–Crippen LogP) is 2.88. The molecule has 0 aliphatic carbocycles. The van der Waals surface area contributed by atoms with Gasteiger partial charge in [0, 0.05) is 10.6 Å². The second-order valence-electron chi connectivity index (χ2n) is 3.24. The summed E-state index contributed by atoms with van der Waals surface area (Å²) in [5, 5.41) is 10.5. The first-order chi connectivity index (χ1) is 7.16. The molecule has 78 valence electrons. The van der Waals surface area contributed by atoms with Gasteiger partial charge in [-0.15, -0.1) is 10.2 Å². The molecule has 1 aromatic heterocycles. The van der Waals surface area contributed by atoms with Gasteiger partial charge >= 0.3 is 0 Å². The molecule has 0 spiro atoms. The van der Waals surface area contributed by atoms with E-state index in [0.717, 1.165) is 20.6 Å². The number of halogens is 1. The summed E-state index contributed by atoms with van der Waals surface area (Å²) in [6.07, 6.45) is 0. The van der Waals surface area contributed by atoms with Crippen molar-refractivity contribution in [3.05, 3.63) is 34.3 Å². The lowest BCUT2D eigenvalue weighted by atomic mass is 10.2. The molecule has 0 amide bonds.